The number of ether oxygens (including phenoxy) is 1. The fourth-order valence-electron chi connectivity index (χ4n) is 4.72. The van der Waals surface area contributed by atoms with Crippen molar-refractivity contribution in [1.29, 1.82) is 5.53 Å². The molecule has 0 saturated carbocycles. The largest absolute Gasteiger partial charge is 0.457 e. The van der Waals surface area contributed by atoms with E-state index in [0.29, 0.717) is 45.3 Å². The molecule has 41 heavy (non-hydrogen) atoms. The topological polar surface area (TPSA) is 141 Å². The van der Waals surface area contributed by atoms with E-state index in [9.17, 15) is 4.79 Å². The zero-order chi connectivity index (χ0) is 28.9. The van der Waals surface area contributed by atoms with E-state index in [-0.39, 0.29) is 17.6 Å². The predicted molar refractivity (Wildman–Crippen MR) is 156 cm³/mol. The number of halogens is 1. The van der Waals surface area contributed by atoms with Gasteiger partial charge in [-0.2, -0.15) is 5.11 Å². The van der Waals surface area contributed by atoms with Gasteiger partial charge in [0.05, 0.1) is 16.9 Å². The van der Waals surface area contributed by atoms with Crippen LogP contribution in [0.15, 0.2) is 66.6 Å². The van der Waals surface area contributed by atoms with Crippen molar-refractivity contribution >= 4 is 45.6 Å². The van der Waals surface area contributed by atoms with Crippen molar-refractivity contribution in [3.8, 4) is 11.5 Å². The number of amides is 1. The molecule has 1 saturated heterocycles. The number of carbonyl (C=O) groups is 1. The van der Waals surface area contributed by atoms with Gasteiger partial charge >= 0.3 is 0 Å². The Morgan fingerprint density at radius 2 is 1.95 bits per heavy atom. The number of hydrogen-bond donors (Lipinski definition) is 4. The first-order chi connectivity index (χ1) is 19.9. The molecule has 0 spiro atoms. The van der Waals surface area contributed by atoms with Crippen molar-refractivity contribution in [2.75, 3.05) is 35.7 Å². The van der Waals surface area contributed by atoms with Crippen LogP contribution in [0.1, 0.15) is 18.4 Å². The zero-order valence-corrected chi connectivity index (χ0v) is 22.7. The van der Waals surface area contributed by atoms with E-state index < -0.39 is 5.82 Å². The van der Waals surface area contributed by atoms with Crippen LogP contribution in [0, 0.1) is 18.3 Å². The fraction of sp³-hybridized carbons (Fsp3) is 0.241. The summed E-state index contributed by atoms with van der Waals surface area (Å²) in [5.74, 6) is 1.24. The molecule has 0 aliphatic carbocycles. The number of fused-ring (bicyclic) bond motifs is 1. The Morgan fingerprint density at radius 3 is 2.68 bits per heavy atom. The van der Waals surface area contributed by atoms with Gasteiger partial charge in [-0.3, -0.25) is 4.79 Å². The molecule has 2 aromatic carbocycles. The molecule has 0 bridgehead atoms. The number of benzene rings is 2. The molecule has 11 nitrogen and oxygen atoms in total. The first-order valence-electron chi connectivity index (χ1n) is 13.1. The summed E-state index contributed by atoms with van der Waals surface area (Å²) >= 11 is 0. The molecule has 1 fully saturated rings. The van der Waals surface area contributed by atoms with Crippen LogP contribution in [0.4, 0.5) is 33.1 Å². The fourth-order valence-corrected chi connectivity index (χ4v) is 4.72. The summed E-state index contributed by atoms with van der Waals surface area (Å²) in [6, 6.07) is 12.2. The molecule has 2 aromatic heterocycles. The summed E-state index contributed by atoms with van der Waals surface area (Å²) in [7, 11) is 1.74. The lowest BCUT2D eigenvalue weighted by Gasteiger charge is -2.33. The lowest BCUT2D eigenvalue weighted by Crippen LogP contribution is -2.44. The normalized spacial score (nSPS) is 13.5. The standard InChI is InChI=1S/C29H30FN9O2/c1-4-26(40)35-18-11-13-39(14-12-18)25-10-8-22-28(37-25)29(34-16-33-22)36-21-7-9-24(17(2)27(21)30)41-19-5-6-20(32-3)23(15-19)38-31/h4-10,15-16,18,31-32H,1,11-14H2,2-3H3,(H,35,40)(H,33,34,36). The van der Waals surface area contributed by atoms with Crippen LogP contribution in [0.25, 0.3) is 11.0 Å². The van der Waals surface area contributed by atoms with Crippen molar-refractivity contribution < 1.29 is 13.9 Å². The molecule has 0 atom stereocenters. The van der Waals surface area contributed by atoms with Gasteiger partial charge in [-0.1, -0.05) is 6.58 Å². The summed E-state index contributed by atoms with van der Waals surface area (Å²) in [5.41, 5.74) is 10.1. The van der Waals surface area contributed by atoms with Gasteiger partial charge in [0.1, 0.15) is 34.8 Å². The third kappa shape index (κ3) is 5.91. The van der Waals surface area contributed by atoms with E-state index >= 15 is 4.39 Å². The van der Waals surface area contributed by atoms with Crippen molar-refractivity contribution in [3.63, 3.8) is 0 Å². The SMILES string of the molecule is C=CC(=O)NC1CCN(c2ccc3ncnc(Nc4ccc(Oc5ccc(NC)c(N=N)c5)c(C)c4F)c3n2)CC1. The smallest absolute Gasteiger partial charge is 0.243 e. The quantitative estimate of drug-likeness (QED) is 0.146. The zero-order valence-electron chi connectivity index (χ0n) is 22.7. The Labute approximate surface area is 236 Å². The number of hydrogen-bond acceptors (Lipinski definition) is 10. The minimum atomic E-state index is -0.494. The van der Waals surface area contributed by atoms with Crippen LogP contribution in [-0.2, 0) is 4.79 Å². The van der Waals surface area contributed by atoms with Crippen LogP contribution in [0.5, 0.6) is 11.5 Å². The summed E-state index contributed by atoms with van der Waals surface area (Å²) in [4.78, 5) is 27.3. The maximum absolute atomic E-state index is 15.5. The molecular formula is C29H30FN9O2. The van der Waals surface area contributed by atoms with Gasteiger partial charge in [0.25, 0.3) is 0 Å². The highest BCUT2D eigenvalue weighted by atomic mass is 19.1. The Bertz CT molecular complexity index is 1620. The molecule has 4 N–H and O–H groups in total. The number of nitrogens with one attached hydrogen (secondary N) is 4. The van der Waals surface area contributed by atoms with E-state index in [4.69, 9.17) is 15.3 Å². The first-order valence-corrected chi connectivity index (χ1v) is 13.1. The van der Waals surface area contributed by atoms with Crippen LogP contribution in [-0.4, -0.2) is 47.0 Å². The second-order valence-electron chi connectivity index (χ2n) is 9.55. The Hall–Kier alpha value is -5.13. The Balaban J connectivity index is 1.35. The molecule has 210 valence electrons. The number of aromatic nitrogens is 3. The van der Waals surface area contributed by atoms with Crippen molar-refractivity contribution in [2.45, 2.75) is 25.8 Å². The summed E-state index contributed by atoms with van der Waals surface area (Å²) in [6.45, 7) is 6.58. The lowest BCUT2D eigenvalue weighted by molar-refractivity contribution is -0.117. The summed E-state index contributed by atoms with van der Waals surface area (Å²) < 4.78 is 21.4. The number of nitrogens with zero attached hydrogens (tertiary/aromatic N) is 5. The van der Waals surface area contributed by atoms with E-state index in [2.05, 4.69) is 42.5 Å². The van der Waals surface area contributed by atoms with Gasteiger partial charge in [0, 0.05) is 37.8 Å². The Morgan fingerprint density at radius 1 is 1.17 bits per heavy atom. The first kappa shape index (κ1) is 27.4. The third-order valence-electron chi connectivity index (χ3n) is 6.99. The van der Waals surface area contributed by atoms with Gasteiger partial charge in [0.2, 0.25) is 5.91 Å². The average molecular weight is 556 g/mol. The van der Waals surface area contributed by atoms with Crippen molar-refractivity contribution in [1.82, 2.24) is 20.3 Å². The third-order valence-corrected chi connectivity index (χ3v) is 6.99. The Kier molecular flexibility index (Phi) is 7.99. The minimum Gasteiger partial charge on any atom is -0.457 e. The van der Waals surface area contributed by atoms with Gasteiger partial charge in [-0.15, -0.1) is 0 Å². The molecule has 4 aromatic rings. The number of carbonyl (C=O) groups excluding carboxylic acids is 1. The van der Waals surface area contributed by atoms with Gasteiger partial charge < -0.3 is 25.6 Å². The van der Waals surface area contributed by atoms with E-state index in [1.54, 1.807) is 44.3 Å². The summed E-state index contributed by atoms with van der Waals surface area (Å²) in [6.07, 6.45) is 4.26. The van der Waals surface area contributed by atoms with Crippen LogP contribution < -0.4 is 25.6 Å². The number of piperidine rings is 1. The number of rotatable bonds is 9. The molecule has 1 aliphatic rings. The molecular weight excluding hydrogens is 525 g/mol. The molecule has 3 heterocycles. The lowest BCUT2D eigenvalue weighted by atomic mass is 10.0. The number of pyridine rings is 1. The monoisotopic (exact) mass is 555 g/mol. The van der Waals surface area contributed by atoms with Crippen LogP contribution in [0.2, 0.25) is 0 Å². The van der Waals surface area contributed by atoms with E-state index in [1.165, 1.54) is 12.4 Å². The maximum atomic E-state index is 15.5. The highest BCUT2D eigenvalue weighted by molar-refractivity contribution is 5.88. The molecule has 0 radical (unpaired) electrons. The van der Waals surface area contributed by atoms with Gasteiger partial charge in [0.15, 0.2) is 11.6 Å². The van der Waals surface area contributed by atoms with E-state index in [1.807, 2.05) is 12.1 Å². The minimum absolute atomic E-state index is 0.0957. The van der Waals surface area contributed by atoms with Gasteiger partial charge in [-0.05, 0) is 62.2 Å². The predicted octanol–water partition coefficient (Wildman–Crippen LogP) is 5.98. The molecule has 12 heteroatoms. The molecule has 5 rings (SSSR count). The number of anilines is 4. The second kappa shape index (κ2) is 11.9. The highest BCUT2D eigenvalue weighted by Gasteiger charge is 2.22. The molecule has 1 aliphatic heterocycles. The molecule has 0 unspecified atom stereocenters. The maximum Gasteiger partial charge on any atom is 0.243 e. The van der Waals surface area contributed by atoms with Gasteiger partial charge in [-0.25, -0.2) is 24.9 Å². The summed E-state index contributed by atoms with van der Waals surface area (Å²) in [5, 5.41) is 12.5. The van der Waals surface area contributed by atoms with Crippen molar-refractivity contribution in [2.24, 2.45) is 5.11 Å². The van der Waals surface area contributed by atoms with E-state index in [0.717, 1.165) is 31.7 Å². The molecule has 1 amide bonds. The average Bonchev–Trinajstić information content (AvgIpc) is 3.01. The van der Waals surface area contributed by atoms with Crippen LogP contribution in [0.3, 0.4) is 0 Å². The highest BCUT2D eigenvalue weighted by Crippen LogP contribution is 2.36. The second-order valence-corrected chi connectivity index (χ2v) is 9.55. The van der Waals surface area contributed by atoms with Crippen LogP contribution >= 0.6 is 0 Å². The van der Waals surface area contributed by atoms with Crippen molar-refractivity contribution in [3.05, 3.63) is 72.8 Å².